The van der Waals surface area contributed by atoms with Crippen molar-refractivity contribution in [1.82, 2.24) is 4.40 Å². The molecule has 21 heavy (non-hydrogen) atoms. The van der Waals surface area contributed by atoms with Crippen molar-refractivity contribution < 1.29 is 19.1 Å². The van der Waals surface area contributed by atoms with Crippen molar-refractivity contribution in [3.8, 4) is 6.07 Å². The SMILES string of the molecule is COC(=O)c1c(C(=O)OC)c2cc(C#N)cc3ccc1n32. The highest BCUT2D eigenvalue weighted by Gasteiger charge is 2.28. The lowest BCUT2D eigenvalue weighted by atomic mass is 10.1. The van der Waals surface area contributed by atoms with Crippen LogP contribution in [0.4, 0.5) is 0 Å². The average Bonchev–Trinajstić information content (AvgIpc) is 3.07. The molecule has 0 aliphatic rings. The third kappa shape index (κ3) is 1.64. The number of ether oxygens (including phenoxy) is 2. The zero-order valence-corrected chi connectivity index (χ0v) is 11.3. The van der Waals surface area contributed by atoms with Crippen molar-refractivity contribution >= 4 is 28.5 Å². The van der Waals surface area contributed by atoms with Crippen LogP contribution in [0, 0.1) is 11.3 Å². The number of aromatic nitrogens is 1. The second-order valence-corrected chi connectivity index (χ2v) is 4.45. The highest BCUT2D eigenvalue weighted by atomic mass is 16.5. The lowest BCUT2D eigenvalue weighted by Gasteiger charge is -2.02. The van der Waals surface area contributed by atoms with Gasteiger partial charge in [-0.2, -0.15) is 5.26 Å². The summed E-state index contributed by atoms with van der Waals surface area (Å²) in [6, 6.07) is 8.76. The maximum atomic E-state index is 12.1. The number of methoxy groups -OCH3 is 2. The first-order valence-electron chi connectivity index (χ1n) is 6.09. The fourth-order valence-corrected chi connectivity index (χ4v) is 2.56. The Bertz CT molecular complexity index is 917. The summed E-state index contributed by atoms with van der Waals surface area (Å²) in [5.41, 5.74) is 2.39. The predicted molar refractivity (Wildman–Crippen MR) is 73.5 cm³/mol. The lowest BCUT2D eigenvalue weighted by molar-refractivity contribution is 0.0559. The Morgan fingerprint density at radius 2 is 1.67 bits per heavy atom. The minimum Gasteiger partial charge on any atom is -0.465 e. The summed E-state index contributed by atoms with van der Waals surface area (Å²) in [5, 5.41) is 9.09. The molecule has 0 N–H and O–H groups in total. The van der Waals surface area contributed by atoms with Crippen molar-refractivity contribution in [3.63, 3.8) is 0 Å². The monoisotopic (exact) mass is 282 g/mol. The predicted octanol–water partition coefficient (Wildman–Crippen LogP) is 1.98. The van der Waals surface area contributed by atoms with Crippen molar-refractivity contribution in [3.05, 3.63) is 41.0 Å². The minimum atomic E-state index is -0.643. The molecule has 0 saturated heterocycles. The first-order valence-corrected chi connectivity index (χ1v) is 6.09. The van der Waals surface area contributed by atoms with Crippen molar-refractivity contribution in [1.29, 1.82) is 5.26 Å². The molecule has 0 bridgehead atoms. The molecule has 6 heteroatoms. The Hall–Kier alpha value is -3.07. The second-order valence-electron chi connectivity index (χ2n) is 4.45. The van der Waals surface area contributed by atoms with Gasteiger partial charge in [-0.05, 0) is 24.3 Å². The molecule has 0 aliphatic carbocycles. The number of nitriles is 1. The average molecular weight is 282 g/mol. The van der Waals surface area contributed by atoms with E-state index >= 15 is 0 Å². The van der Waals surface area contributed by atoms with Crippen LogP contribution in [0.5, 0.6) is 0 Å². The van der Waals surface area contributed by atoms with E-state index in [4.69, 9.17) is 14.7 Å². The molecular formula is C15H10N2O4. The molecule has 3 rings (SSSR count). The molecule has 0 aliphatic heterocycles. The molecule has 0 radical (unpaired) electrons. The molecule has 0 aromatic carbocycles. The highest BCUT2D eigenvalue weighted by Crippen LogP contribution is 2.31. The normalized spacial score (nSPS) is 10.7. The molecular weight excluding hydrogens is 272 g/mol. The Kier molecular flexibility index (Phi) is 2.77. The number of rotatable bonds is 2. The fourth-order valence-electron chi connectivity index (χ4n) is 2.56. The summed E-state index contributed by atoms with van der Waals surface area (Å²) in [7, 11) is 2.49. The molecule has 104 valence electrons. The largest absolute Gasteiger partial charge is 0.465 e. The highest BCUT2D eigenvalue weighted by molar-refractivity contribution is 6.14. The van der Waals surface area contributed by atoms with Crippen LogP contribution in [0.2, 0.25) is 0 Å². The Balaban J connectivity index is 2.52. The van der Waals surface area contributed by atoms with Crippen LogP contribution in [0.25, 0.3) is 16.6 Å². The number of carbonyl (C=O) groups is 2. The number of hydrogen-bond acceptors (Lipinski definition) is 5. The van der Waals surface area contributed by atoms with E-state index in [2.05, 4.69) is 0 Å². The van der Waals surface area contributed by atoms with Crippen LogP contribution in [0.15, 0.2) is 24.3 Å². The quantitative estimate of drug-likeness (QED) is 0.671. The van der Waals surface area contributed by atoms with E-state index in [1.165, 1.54) is 14.2 Å². The zero-order valence-electron chi connectivity index (χ0n) is 11.3. The third-order valence-electron chi connectivity index (χ3n) is 3.42. The first kappa shape index (κ1) is 12.9. The molecule has 3 aromatic heterocycles. The van der Waals surface area contributed by atoms with Crippen LogP contribution in [0.1, 0.15) is 26.3 Å². The van der Waals surface area contributed by atoms with Gasteiger partial charge in [0.05, 0.1) is 36.9 Å². The summed E-state index contributed by atoms with van der Waals surface area (Å²) >= 11 is 0. The second kappa shape index (κ2) is 4.49. The molecule has 3 aromatic rings. The number of esters is 2. The molecule has 0 fully saturated rings. The maximum absolute atomic E-state index is 12.1. The van der Waals surface area contributed by atoms with E-state index in [0.29, 0.717) is 16.6 Å². The summed E-state index contributed by atoms with van der Waals surface area (Å²) in [6.45, 7) is 0. The number of pyridine rings is 1. The summed E-state index contributed by atoms with van der Waals surface area (Å²) < 4.78 is 11.3. The molecule has 0 unspecified atom stereocenters. The smallest absolute Gasteiger partial charge is 0.340 e. The van der Waals surface area contributed by atoms with Gasteiger partial charge in [-0.1, -0.05) is 0 Å². The van der Waals surface area contributed by atoms with Crippen LogP contribution in [-0.2, 0) is 9.47 Å². The van der Waals surface area contributed by atoms with E-state index in [9.17, 15) is 9.59 Å². The van der Waals surface area contributed by atoms with Gasteiger partial charge in [0, 0.05) is 5.52 Å². The Morgan fingerprint density at radius 3 is 2.24 bits per heavy atom. The van der Waals surface area contributed by atoms with Gasteiger partial charge in [0.15, 0.2) is 0 Å². The first-order chi connectivity index (χ1) is 10.1. The number of hydrogen-bond donors (Lipinski definition) is 0. The number of carbonyl (C=O) groups excluding carboxylic acids is 2. The van der Waals surface area contributed by atoms with Gasteiger partial charge in [0.1, 0.15) is 11.1 Å². The standard InChI is InChI=1S/C15H10N2O4/c1-20-14(18)12-10-4-3-9-5-8(7-16)6-11(17(9)10)13(12)15(19)21-2/h3-6H,1-2H3. The molecule has 0 amide bonds. The van der Waals surface area contributed by atoms with Gasteiger partial charge < -0.3 is 13.9 Å². The van der Waals surface area contributed by atoms with Gasteiger partial charge in [-0.25, -0.2) is 9.59 Å². The third-order valence-corrected chi connectivity index (χ3v) is 3.42. The Labute approximate surface area is 119 Å². The minimum absolute atomic E-state index is 0.113. The lowest BCUT2D eigenvalue weighted by Crippen LogP contribution is -2.09. The summed E-state index contributed by atoms with van der Waals surface area (Å²) in [6.07, 6.45) is 0. The van der Waals surface area contributed by atoms with Crippen molar-refractivity contribution in [2.24, 2.45) is 0 Å². The number of nitrogens with zero attached hydrogens (tertiary/aromatic N) is 2. The fraction of sp³-hybridized carbons (Fsp3) is 0.133. The van der Waals surface area contributed by atoms with Gasteiger partial charge >= 0.3 is 11.9 Å². The van der Waals surface area contributed by atoms with E-state index in [1.807, 2.05) is 6.07 Å². The van der Waals surface area contributed by atoms with E-state index < -0.39 is 11.9 Å². The molecule has 6 nitrogen and oxygen atoms in total. The van der Waals surface area contributed by atoms with Gasteiger partial charge in [0.25, 0.3) is 0 Å². The van der Waals surface area contributed by atoms with Gasteiger partial charge in [-0.3, -0.25) is 0 Å². The van der Waals surface area contributed by atoms with Crippen LogP contribution >= 0.6 is 0 Å². The van der Waals surface area contributed by atoms with E-state index in [-0.39, 0.29) is 11.1 Å². The zero-order chi connectivity index (χ0) is 15.1. The van der Waals surface area contributed by atoms with Gasteiger partial charge in [-0.15, -0.1) is 0 Å². The van der Waals surface area contributed by atoms with Crippen LogP contribution in [0.3, 0.4) is 0 Å². The Morgan fingerprint density at radius 1 is 1.05 bits per heavy atom. The molecule has 0 spiro atoms. The van der Waals surface area contributed by atoms with Crippen LogP contribution < -0.4 is 0 Å². The molecule has 0 atom stereocenters. The molecule has 3 heterocycles. The van der Waals surface area contributed by atoms with Crippen molar-refractivity contribution in [2.75, 3.05) is 14.2 Å². The topological polar surface area (TPSA) is 80.8 Å². The van der Waals surface area contributed by atoms with E-state index in [0.717, 1.165) is 5.52 Å². The summed E-state index contributed by atoms with van der Waals surface area (Å²) in [5.74, 6) is -1.26. The molecule has 0 saturated carbocycles. The van der Waals surface area contributed by atoms with E-state index in [1.54, 1.807) is 28.7 Å². The van der Waals surface area contributed by atoms with Crippen molar-refractivity contribution in [2.45, 2.75) is 0 Å². The maximum Gasteiger partial charge on any atom is 0.340 e. The van der Waals surface area contributed by atoms with Gasteiger partial charge in [0.2, 0.25) is 0 Å². The summed E-state index contributed by atoms with van der Waals surface area (Å²) in [4.78, 5) is 24.1. The van der Waals surface area contributed by atoms with Crippen LogP contribution in [-0.4, -0.2) is 30.6 Å².